The Labute approximate surface area is 251 Å². The molecule has 0 radical (unpaired) electrons. The van der Waals surface area contributed by atoms with Crippen molar-refractivity contribution in [2.75, 3.05) is 30.3 Å². The third kappa shape index (κ3) is 9.89. The summed E-state index contributed by atoms with van der Waals surface area (Å²) in [7, 11) is -3.84. The van der Waals surface area contributed by atoms with Gasteiger partial charge in [0.05, 0.1) is 18.6 Å². The van der Waals surface area contributed by atoms with E-state index in [4.69, 9.17) is 4.74 Å². The Kier molecular flexibility index (Phi) is 11.8. The first-order valence-electron chi connectivity index (χ1n) is 13.5. The van der Waals surface area contributed by atoms with Crippen LogP contribution < -0.4 is 14.4 Å². The number of rotatable bonds is 14. The maximum Gasteiger partial charge on any atom is 0.244 e. The van der Waals surface area contributed by atoms with E-state index in [2.05, 4.69) is 21.2 Å². The number of nitrogens with one attached hydrogen (secondary N) is 1. The van der Waals surface area contributed by atoms with Gasteiger partial charge >= 0.3 is 0 Å². The molecule has 0 aliphatic carbocycles. The van der Waals surface area contributed by atoms with Crippen LogP contribution in [-0.4, -0.2) is 57.1 Å². The van der Waals surface area contributed by atoms with Gasteiger partial charge in [-0.2, -0.15) is 0 Å². The van der Waals surface area contributed by atoms with E-state index < -0.39 is 28.5 Å². The van der Waals surface area contributed by atoms with Gasteiger partial charge < -0.3 is 15.0 Å². The average Bonchev–Trinajstić information content (AvgIpc) is 2.93. The molecule has 0 fully saturated rings. The molecule has 1 N–H and O–H groups in total. The Morgan fingerprint density at radius 3 is 2.20 bits per heavy atom. The predicted octanol–water partition coefficient (Wildman–Crippen LogP) is 5.03. The normalized spacial score (nSPS) is 12.0. The highest BCUT2D eigenvalue weighted by molar-refractivity contribution is 9.10. The molecule has 0 bridgehead atoms. The second kappa shape index (κ2) is 15.0. The first-order chi connectivity index (χ1) is 19.5. The van der Waals surface area contributed by atoms with Gasteiger partial charge in [-0.25, -0.2) is 8.42 Å². The Balaban J connectivity index is 2.02. The molecule has 41 heavy (non-hydrogen) atoms. The lowest BCUT2D eigenvalue weighted by atomic mass is 10.0. The Morgan fingerprint density at radius 2 is 1.61 bits per heavy atom. The summed E-state index contributed by atoms with van der Waals surface area (Å²) in [4.78, 5) is 29.2. The Bertz CT molecular complexity index is 1400. The van der Waals surface area contributed by atoms with Crippen LogP contribution in [0.1, 0.15) is 31.9 Å². The van der Waals surface area contributed by atoms with Crippen LogP contribution in [0.3, 0.4) is 0 Å². The molecule has 3 aromatic carbocycles. The summed E-state index contributed by atoms with van der Waals surface area (Å²) in [5.74, 6) is 0.0192. The number of amides is 2. The number of carbonyl (C=O) groups is 2. The van der Waals surface area contributed by atoms with Gasteiger partial charge in [0, 0.05) is 24.0 Å². The lowest BCUT2D eigenvalue weighted by Gasteiger charge is -2.33. The van der Waals surface area contributed by atoms with E-state index in [1.807, 2.05) is 75.4 Å². The molecule has 0 aliphatic heterocycles. The number of sulfonamides is 1. The van der Waals surface area contributed by atoms with Crippen LogP contribution in [0.25, 0.3) is 0 Å². The molecular weight excluding hydrogens is 606 g/mol. The molecule has 220 valence electrons. The highest BCUT2D eigenvalue weighted by Gasteiger charge is 2.33. The van der Waals surface area contributed by atoms with Crippen LogP contribution in [0, 0.1) is 5.92 Å². The first-order valence-corrected chi connectivity index (χ1v) is 16.2. The topological polar surface area (TPSA) is 96.0 Å². The summed E-state index contributed by atoms with van der Waals surface area (Å²) in [5.41, 5.74) is 2.01. The minimum Gasteiger partial charge on any atom is -0.494 e. The summed E-state index contributed by atoms with van der Waals surface area (Å²) < 4.78 is 33.2. The second-order valence-electron chi connectivity index (χ2n) is 10.2. The highest BCUT2D eigenvalue weighted by Crippen LogP contribution is 2.23. The van der Waals surface area contributed by atoms with Crippen molar-refractivity contribution in [1.29, 1.82) is 0 Å². The molecule has 10 heteroatoms. The van der Waals surface area contributed by atoms with E-state index in [9.17, 15) is 18.0 Å². The SMILES string of the molecule is CCOc1ccc(N(CC(=O)N(Cc2cccc(Br)c2)C(Cc2ccccc2)C(=O)NCC(C)C)S(C)(=O)=O)cc1. The number of halogens is 1. The van der Waals surface area contributed by atoms with Crippen molar-refractivity contribution in [1.82, 2.24) is 10.2 Å². The van der Waals surface area contributed by atoms with Gasteiger partial charge in [-0.15, -0.1) is 0 Å². The Hall–Kier alpha value is -3.37. The van der Waals surface area contributed by atoms with Crippen molar-refractivity contribution >= 4 is 43.5 Å². The summed E-state index contributed by atoms with van der Waals surface area (Å²) in [5, 5.41) is 2.98. The van der Waals surface area contributed by atoms with Crippen molar-refractivity contribution in [3.8, 4) is 5.75 Å². The number of nitrogens with zero attached hydrogens (tertiary/aromatic N) is 2. The fourth-order valence-corrected chi connectivity index (χ4v) is 5.59. The fraction of sp³-hybridized carbons (Fsp3) is 0.355. The van der Waals surface area contributed by atoms with Crippen molar-refractivity contribution in [3.63, 3.8) is 0 Å². The molecular formula is C31H38BrN3O5S. The first kappa shape index (κ1) is 32.1. The lowest BCUT2D eigenvalue weighted by Crippen LogP contribution is -2.53. The molecule has 0 spiro atoms. The van der Waals surface area contributed by atoms with Crippen LogP contribution >= 0.6 is 15.9 Å². The van der Waals surface area contributed by atoms with Crippen molar-refractivity contribution in [2.45, 2.75) is 39.8 Å². The van der Waals surface area contributed by atoms with Gasteiger partial charge in [0.25, 0.3) is 0 Å². The quantitative estimate of drug-likeness (QED) is 0.266. The van der Waals surface area contributed by atoms with E-state index in [1.54, 1.807) is 24.3 Å². The lowest BCUT2D eigenvalue weighted by molar-refractivity contribution is -0.140. The molecule has 1 atom stereocenters. The van der Waals surface area contributed by atoms with Gasteiger partial charge in [-0.1, -0.05) is 72.2 Å². The summed E-state index contributed by atoms with van der Waals surface area (Å²) in [6.45, 7) is 6.42. The van der Waals surface area contributed by atoms with Crippen LogP contribution in [-0.2, 0) is 32.6 Å². The third-order valence-corrected chi connectivity index (χ3v) is 7.95. The van der Waals surface area contributed by atoms with Crippen LogP contribution in [0.4, 0.5) is 5.69 Å². The molecule has 3 aromatic rings. The number of benzene rings is 3. The summed E-state index contributed by atoms with van der Waals surface area (Å²) in [6, 6.07) is 22.6. The third-order valence-electron chi connectivity index (χ3n) is 6.31. The average molecular weight is 645 g/mol. The molecule has 1 unspecified atom stereocenters. The van der Waals surface area contributed by atoms with Crippen LogP contribution in [0.5, 0.6) is 5.75 Å². The number of carbonyl (C=O) groups excluding carboxylic acids is 2. The second-order valence-corrected chi connectivity index (χ2v) is 13.0. The van der Waals surface area contributed by atoms with Gasteiger partial charge in [0.1, 0.15) is 18.3 Å². The highest BCUT2D eigenvalue weighted by atomic mass is 79.9. The minimum atomic E-state index is -3.84. The van der Waals surface area contributed by atoms with Crippen molar-refractivity contribution in [2.24, 2.45) is 5.92 Å². The molecule has 0 saturated carbocycles. The largest absolute Gasteiger partial charge is 0.494 e. The van der Waals surface area contributed by atoms with Crippen LogP contribution in [0.2, 0.25) is 0 Å². The zero-order valence-corrected chi connectivity index (χ0v) is 26.3. The minimum absolute atomic E-state index is 0.117. The zero-order valence-electron chi connectivity index (χ0n) is 23.9. The Morgan fingerprint density at radius 1 is 0.951 bits per heavy atom. The van der Waals surface area contributed by atoms with Gasteiger partial charge in [-0.05, 0) is 60.4 Å². The molecule has 0 aliphatic rings. The maximum absolute atomic E-state index is 14.1. The van der Waals surface area contributed by atoms with Gasteiger partial charge in [-0.3, -0.25) is 13.9 Å². The van der Waals surface area contributed by atoms with E-state index in [0.29, 0.717) is 24.6 Å². The van der Waals surface area contributed by atoms with Crippen LogP contribution in [0.15, 0.2) is 83.3 Å². The van der Waals surface area contributed by atoms with E-state index >= 15 is 0 Å². The zero-order chi connectivity index (χ0) is 30.0. The monoisotopic (exact) mass is 643 g/mol. The molecule has 2 amide bonds. The number of ether oxygens (including phenoxy) is 1. The maximum atomic E-state index is 14.1. The molecule has 0 heterocycles. The number of hydrogen-bond donors (Lipinski definition) is 1. The number of anilines is 1. The number of hydrogen-bond acceptors (Lipinski definition) is 5. The predicted molar refractivity (Wildman–Crippen MR) is 166 cm³/mol. The molecule has 8 nitrogen and oxygen atoms in total. The molecule has 0 aromatic heterocycles. The summed E-state index contributed by atoms with van der Waals surface area (Å²) >= 11 is 3.48. The summed E-state index contributed by atoms with van der Waals surface area (Å²) in [6.07, 6.45) is 1.33. The standard InChI is InChI=1S/C31H38BrN3O5S/c1-5-40-28-16-14-27(15-17-28)35(41(4,38)39)22-30(36)34(21-25-12-9-13-26(32)18-25)29(31(37)33-20-23(2)3)19-24-10-7-6-8-11-24/h6-18,23,29H,5,19-22H2,1-4H3,(H,33,37). The molecule has 0 saturated heterocycles. The molecule has 3 rings (SSSR count). The van der Waals surface area contributed by atoms with E-state index in [1.165, 1.54) is 4.90 Å². The fourth-order valence-electron chi connectivity index (χ4n) is 4.30. The van der Waals surface area contributed by atoms with Gasteiger partial charge in [0.15, 0.2) is 0 Å². The van der Waals surface area contributed by atoms with Gasteiger partial charge in [0.2, 0.25) is 21.8 Å². The van der Waals surface area contributed by atoms with E-state index in [-0.39, 0.29) is 24.8 Å². The smallest absolute Gasteiger partial charge is 0.244 e. The van der Waals surface area contributed by atoms with Crippen molar-refractivity contribution in [3.05, 3.63) is 94.5 Å². The van der Waals surface area contributed by atoms with Crippen molar-refractivity contribution < 1.29 is 22.7 Å². The van der Waals surface area contributed by atoms with E-state index in [0.717, 1.165) is 26.2 Å².